The van der Waals surface area contributed by atoms with Gasteiger partial charge >= 0.3 is 0 Å². The number of nitro groups is 2. The summed E-state index contributed by atoms with van der Waals surface area (Å²) in [6, 6.07) is 12.5. The molecule has 2 aromatic rings. The standard InChI is InChI=1S/C20H21N5O5/c26-20(22-21-13-16-2-1-3-19(12-16)25(29)30)17-8-10-23(11-9-17)14-15-4-6-18(7-5-15)24(27)28/h1-7,12-13,17H,8-11,14H2,(H,22,26)/b21-13+. The topological polar surface area (TPSA) is 131 Å². The summed E-state index contributed by atoms with van der Waals surface area (Å²) in [6.45, 7) is 2.16. The molecule has 1 amide bonds. The average molecular weight is 411 g/mol. The zero-order valence-electron chi connectivity index (χ0n) is 16.1. The number of likely N-dealkylation sites (tertiary alicyclic amines) is 1. The fraction of sp³-hybridized carbons (Fsp3) is 0.300. The first kappa shape index (κ1) is 21.1. The summed E-state index contributed by atoms with van der Waals surface area (Å²) in [6.07, 6.45) is 2.75. The number of nitrogens with zero attached hydrogens (tertiary/aromatic N) is 4. The van der Waals surface area contributed by atoms with E-state index in [1.54, 1.807) is 24.3 Å². The Labute approximate surface area is 172 Å². The summed E-state index contributed by atoms with van der Waals surface area (Å²) in [4.78, 5) is 35.1. The number of nitrogens with one attached hydrogen (secondary N) is 1. The molecule has 0 unspecified atom stereocenters. The zero-order valence-corrected chi connectivity index (χ0v) is 16.1. The third kappa shape index (κ3) is 5.67. The molecule has 10 nitrogen and oxygen atoms in total. The first-order valence-corrected chi connectivity index (χ1v) is 9.45. The molecule has 10 heteroatoms. The molecular formula is C20H21N5O5. The van der Waals surface area contributed by atoms with Crippen LogP contribution in [0.3, 0.4) is 0 Å². The van der Waals surface area contributed by atoms with Crippen molar-refractivity contribution in [3.05, 3.63) is 79.9 Å². The van der Waals surface area contributed by atoms with Gasteiger partial charge in [0.2, 0.25) is 5.91 Å². The number of hydrogen-bond acceptors (Lipinski definition) is 7. The molecule has 0 aromatic heterocycles. The van der Waals surface area contributed by atoms with Crippen LogP contribution in [0.15, 0.2) is 53.6 Å². The van der Waals surface area contributed by atoms with E-state index in [0.29, 0.717) is 24.9 Å². The highest BCUT2D eigenvalue weighted by atomic mass is 16.6. The second-order valence-corrected chi connectivity index (χ2v) is 7.06. The van der Waals surface area contributed by atoms with Crippen molar-refractivity contribution in [1.82, 2.24) is 10.3 Å². The van der Waals surface area contributed by atoms with E-state index in [-0.39, 0.29) is 23.2 Å². The highest BCUT2D eigenvalue weighted by molar-refractivity contribution is 5.83. The molecule has 2 aromatic carbocycles. The molecule has 1 heterocycles. The molecule has 1 saturated heterocycles. The third-order valence-electron chi connectivity index (χ3n) is 4.98. The van der Waals surface area contributed by atoms with Crippen LogP contribution in [0.2, 0.25) is 0 Å². The maximum Gasteiger partial charge on any atom is 0.270 e. The first-order chi connectivity index (χ1) is 14.4. The molecule has 0 atom stereocenters. The average Bonchev–Trinajstić information content (AvgIpc) is 2.75. The minimum Gasteiger partial charge on any atom is -0.299 e. The highest BCUT2D eigenvalue weighted by Crippen LogP contribution is 2.20. The lowest BCUT2D eigenvalue weighted by atomic mass is 9.96. The number of hydrogen-bond donors (Lipinski definition) is 1. The van der Waals surface area contributed by atoms with Crippen LogP contribution in [0.5, 0.6) is 0 Å². The van der Waals surface area contributed by atoms with E-state index in [1.807, 2.05) is 0 Å². The summed E-state index contributed by atoms with van der Waals surface area (Å²) in [7, 11) is 0. The van der Waals surface area contributed by atoms with Gasteiger partial charge in [-0.15, -0.1) is 0 Å². The lowest BCUT2D eigenvalue weighted by molar-refractivity contribution is -0.385. The fourth-order valence-electron chi connectivity index (χ4n) is 3.31. The summed E-state index contributed by atoms with van der Waals surface area (Å²) in [5.74, 6) is -0.327. The van der Waals surface area contributed by atoms with Gasteiger partial charge in [-0.2, -0.15) is 5.10 Å². The second-order valence-electron chi connectivity index (χ2n) is 7.06. The number of carbonyl (C=O) groups is 1. The largest absolute Gasteiger partial charge is 0.299 e. The van der Waals surface area contributed by atoms with Crippen molar-refractivity contribution in [2.45, 2.75) is 19.4 Å². The van der Waals surface area contributed by atoms with E-state index in [9.17, 15) is 25.0 Å². The summed E-state index contributed by atoms with van der Waals surface area (Å²) < 4.78 is 0. The van der Waals surface area contributed by atoms with Crippen LogP contribution in [-0.4, -0.2) is 40.0 Å². The third-order valence-corrected chi connectivity index (χ3v) is 4.98. The first-order valence-electron chi connectivity index (χ1n) is 9.45. The number of rotatable bonds is 7. The van der Waals surface area contributed by atoms with Gasteiger partial charge in [0.15, 0.2) is 0 Å². The quantitative estimate of drug-likeness (QED) is 0.423. The lowest BCUT2D eigenvalue weighted by Gasteiger charge is -2.30. The highest BCUT2D eigenvalue weighted by Gasteiger charge is 2.24. The zero-order chi connectivity index (χ0) is 21.5. The molecule has 0 spiro atoms. The molecule has 1 fully saturated rings. The second kappa shape index (κ2) is 9.70. The minimum atomic E-state index is -0.486. The molecule has 30 heavy (non-hydrogen) atoms. The van der Waals surface area contributed by atoms with Crippen molar-refractivity contribution in [3.8, 4) is 0 Å². The van der Waals surface area contributed by atoms with Crippen LogP contribution < -0.4 is 5.43 Å². The van der Waals surface area contributed by atoms with Crippen molar-refractivity contribution >= 4 is 23.5 Å². The molecule has 1 aliphatic rings. The molecule has 1 aliphatic heterocycles. The van der Waals surface area contributed by atoms with E-state index >= 15 is 0 Å². The van der Waals surface area contributed by atoms with Crippen molar-refractivity contribution in [1.29, 1.82) is 0 Å². The normalized spacial score (nSPS) is 15.2. The van der Waals surface area contributed by atoms with Gasteiger partial charge in [0.25, 0.3) is 11.4 Å². The Morgan fingerprint density at radius 3 is 2.37 bits per heavy atom. The molecule has 0 bridgehead atoms. The van der Waals surface area contributed by atoms with Crippen LogP contribution in [0.4, 0.5) is 11.4 Å². The Hall–Kier alpha value is -3.66. The summed E-state index contributed by atoms with van der Waals surface area (Å²) >= 11 is 0. The summed E-state index contributed by atoms with van der Waals surface area (Å²) in [5.41, 5.74) is 4.06. The van der Waals surface area contributed by atoms with Crippen LogP contribution in [0, 0.1) is 26.1 Å². The molecular weight excluding hydrogens is 390 g/mol. The summed E-state index contributed by atoms with van der Waals surface area (Å²) in [5, 5.41) is 25.4. The van der Waals surface area contributed by atoms with E-state index in [2.05, 4.69) is 15.4 Å². The molecule has 156 valence electrons. The van der Waals surface area contributed by atoms with Crippen molar-refractivity contribution in [3.63, 3.8) is 0 Å². The predicted molar refractivity (Wildman–Crippen MR) is 110 cm³/mol. The van der Waals surface area contributed by atoms with Gasteiger partial charge in [0.1, 0.15) is 0 Å². The van der Waals surface area contributed by atoms with E-state index in [4.69, 9.17) is 0 Å². The number of hydrazone groups is 1. The van der Waals surface area contributed by atoms with Gasteiger partial charge in [0, 0.05) is 42.3 Å². The number of non-ortho nitro benzene ring substituents is 2. The fourth-order valence-corrected chi connectivity index (χ4v) is 3.31. The minimum absolute atomic E-state index is 0.0364. The van der Waals surface area contributed by atoms with Gasteiger partial charge in [-0.25, -0.2) is 5.43 Å². The number of piperidine rings is 1. The number of benzene rings is 2. The van der Waals surface area contributed by atoms with Crippen LogP contribution in [-0.2, 0) is 11.3 Å². The monoisotopic (exact) mass is 411 g/mol. The van der Waals surface area contributed by atoms with Crippen molar-refractivity contribution in [2.24, 2.45) is 11.0 Å². The molecule has 0 radical (unpaired) electrons. The van der Waals surface area contributed by atoms with Gasteiger partial charge in [-0.3, -0.25) is 29.9 Å². The van der Waals surface area contributed by atoms with Gasteiger partial charge in [-0.1, -0.05) is 24.3 Å². The predicted octanol–water partition coefficient (Wildman–Crippen LogP) is 2.87. The van der Waals surface area contributed by atoms with E-state index in [1.165, 1.54) is 30.5 Å². The van der Waals surface area contributed by atoms with Gasteiger partial charge < -0.3 is 0 Å². The lowest BCUT2D eigenvalue weighted by Crippen LogP contribution is -2.39. The maximum absolute atomic E-state index is 12.3. The van der Waals surface area contributed by atoms with Crippen LogP contribution >= 0.6 is 0 Å². The van der Waals surface area contributed by atoms with Crippen LogP contribution in [0.1, 0.15) is 24.0 Å². The van der Waals surface area contributed by atoms with E-state index in [0.717, 1.165) is 18.7 Å². The van der Waals surface area contributed by atoms with Gasteiger partial charge in [0.05, 0.1) is 16.1 Å². The number of carbonyl (C=O) groups excluding carboxylic acids is 1. The Morgan fingerprint density at radius 1 is 1.07 bits per heavy atom. The Bertz CT molecular complexity index is 952. The maximum atomic E-state index is 12.3. The molecule has 0 aliphatic carbocycles. The van der Waals surface area contributed by atoms with Crippen LogP contribution in [0.25, 0.3) is 0 Å². The molecule has 1 N–H and O–H groups in total. The van der Waals surface area contributed by atoms with Crippen molar-refractivity contribution < 1.29 is 14.6 Å². The van der Waals surface area contributed by atoms with E-state index < -0.39 is 9.85 Å². The smallest absolute Gasteiger partial charge is 0.270 e. The Balaban J connectivity index is 1.45. The Morgan fingerprint density at radius 2 is 1.73 bits per heavy atom. The molecule has 3 rings (SSSR count). The van der Waals surface area contributed by atoms with Crippen molar-refractivity contribution in [2.75, 3.05) is 13.1 Å². The number of amides is 1. The molecule has 0 saturated carbocycles. The number of nitro benzene ring substituents is 2. The Kier molecular flexibility index (Phi) is 6.81. The SMILES string of the molecule is O=C(N/N=C/c1cccc([N+](=O)[O-])c1)C1CCN(Cc2ccc([N+](=O)[O-])cc2)CC1. The van der Waals surface area contributed by atoms with Gasteiger partial charge in [-0.05, 0) is 31.5 Å².